The Morgan fingerprint density at radius 3 is 2.54 bits per heavy atom. The highest BCUT2D eigenvalue weighted by atomic mass is 19.4. The van der Waals surface area contributed by atoms with Crippen molar-refractivity contribution in [2.24, 2.45) is 0 Å². The first-order valence-electron chi connectivity index (χ1n) is 7.56. The zero-order chi connectivity index (χ0) is 17.2. The van der Waals surface area contributed by atoms with E-state index in [4.69, 9.17) is 0 Å². The summed E-state index contributed by atoms with van der Waals surface area (Å²) in [5.74, 6) is 0. The third kappa shape index (κ3) is 3.91. The molecular formula is C17H17F3N4. The van der Waals surface area contributed by atoms with Crippen LogP contribution in [0.3, 0.4) is 0 Å². The number of H-pyrrole nitrogens is 1. The van der Waals surface area contributed by atoms with Crippen molar-refractivity contribution < 1.29 is 13.2 Å². The maximum atomic E-state index is 12.9. The van der Waals surface area contributed by atoms with Crippen LogP contribution in [0, 0.1) is 6.92 Å². The molecule has 0 radical (unpaired) electrons. The smallest absolute Gasteiger partial charge is 0.344 e. The largest absolute Gasteiger partial charge is 0.390 e. The van der Waals surface area contributed by atoms with Gasteiger partial charge < -0.3 is 10.3 Å². The van der Waals surface area contributed by atoms with Crippen LogP contribution in [0.4, 0.5) is 13.2 Å². The number of benzene rings is 1. The number of hydrogen-bond donors (Lipinski definition) is 2. The zero-order valence-corrected chi connectivity index (χ0v) is 13.1. The van der Waals surface area contributed by atoms with Crippen molar-refractivity contribution >= 4 is 11.2 Å². The van der Waals surface area contributed by atoms with E-state index in [0.29, 0.717) is 16.7 Å². The molecule has 0 saturated heterocycles. The third-order valence-electron chi connectivity index (χ3n) is 3.84. The molecule has 0 fully saturated rings. The standard InChI is InChI=1S/C17H17F3N4/c1-11-2-4-12(5-3-11)14(8-17(18,19)20)23-9-13-10-24-16-15(13)21-6-7-22-16/h2-7,10,14,23H,8-9H2,1H3,(H,22,24). The van der Waals surface area contributed by atoms with E-state index in [1.54, 1.807) is 30.7 Å². The molecule has 0 amide bonds. The molecule has 24 heavy (non-hydrogen) atoms. The second-order valence-electron chi connectivity index (χ2n) is 5.73. The molecule has 3 rings (SSSR count). The number of aromatic amines is 1. The molecule has 2 N–H and O–H groups in total. The normalized spacial score (nSPS) is 13.3. The van der Waals surface area contributed by atoms with E-state index in [-0.39, 0.29) is 6.54 Å². The van der Waals surface area contributed by atoms with E-state index in [9.17, 15) is 13.2 Å². The molecule has 1 aromatic carbocycles. The van der Waals surface area contributed by atoms with Crippen molar-refractivity contribution in [1.29, 1.82) is 0 Å². The van der Waals surface area contributed by atoms with Gasteiger partial charge in [-0.1, -0.05) is 29.8 Å². The maximum absolute atomic E-state index is 12.9. The number of nitrogens with one attached hydrogen (secondary N) is 2. The SMILES string of the molecule is Cc1ccc(C(CC(F)(F)F)NCc2c[nH]c3nccnc23)cc1. The summed E-state index contributed by atoms with van der Waals surface area (Å²) >= 11 is 0. The van der Waals surface area contributed by atoms with Crippen molar-refractivity contribution in [2.45, 2.75) is 32.1 Å². The van der Waals surface area contributed by atoms with Crippen LogP contribution < -0.4 is 5.32 Å². The molecule has 0 aliphatic carbocycles. The van der Waals surface area contributed by atoms with E-state index in [1.165, 1.54) is 0 Å². The van der Waals surface area contributed by atoms with Crippen LogP contribution in [0.15, 0.2) is 42.9 Å². The van der Waals surface area contributed by atoms with Crippen LogP contribution in [-0.4, -0.2) is 21.1 Å². The van der Waals surface area contributed by atoms with Crippen molar-refractivity contribution in [1.82, 2.24) is 20.3 Å². The monoisotopic (exact) mass is 334 g/mol. The average Bonchev–Trinajstić information content (AvgIpc) is 2.94. The summed E-state index contributed by atoms with van der Waals surface area (Å²) in [4.78, 5) is 11.3. The molecular weight excluding hydrogens is 317 g/mol. The molecule has 1 atom stereocenters. The minimum absolute atomic E-state index is 0.271. The fraction of sp³-hybridized carbons (Fsp3) is 0.294. The first kappa shape index (κ1) is 16.4. The second-order valence-corrected chi connectivity index (χ2v) is 5.73. The van der Waals surface area contributed by atoms with Gasteiger partial charge in [0.25, 0.3) is 0 Å². The molecule has 126 valence electrons. The van der Waals surface area contributed by atoms with Gasteiger partial charge in [0, 0.05) is 36.7 Å². The highest BCUT2D eigenvalue weighted by Crippen LogP contribution is 2.30. The number of aromatic nitrogens is 3. The minimum atomic E-state index is -4.25. The molecule has 2 aromatic heterocycles. The molecule has 1 unspecified atom stereocenters. The maximum Gasteiger partial charge on any atom is 0.390 e. The van der Waals surface area contributed by atoms with E-state index < -0.39 is 18.6 Å². The molecule has 0 saturated carbocycles. The fourth-order valence-corrected chi connectivity index (χ4v) is 2.61. The van der Waals surface area contributed by atoms with Crippen LogP contribution in [0.25, 0.3) is 11.2 Å². The van der Waals surface area contributed by atoms with Gasteiger partial charge in [-0.3, -0.25) is 4.98 Å². The Kier molecular flexibility index (Phi) is 4.53. The Bertz CT molecular complexity index is 809. The van der Waals surface area contributed by atoms with Gasteiger partial charge in [0.15, 0.2) is 5.65 Å². The van der Waals surface area contributed by atoms with Gasteiger partial charge in [-0.15, -0.1) is 0 Å². The van der Waals surface area contributed by atoms with Crippen LogP contribution in [-0.2, 0) is 6.54 Å². The first-order chi connectivity index (χ1) is 11.4. The quantitative estimate of drug-likeness (QED) is 0.740. The van der Waals surface area contributed by atoms with Gasteiger partial charge >= 0.3 is 6.18 Å². The molecule has 0 aliphatic rings. The van der Waals surface area contributed by atoms with Crippen LogP contribution >= 0.6 is 0 Å². The van der Waals surface area contributed by atoms with Crippen molar-refractivity contribution in [3.8, 4) is 0 Å². The van der Waals surface area contributed by atoms with Gasteiger partial charge in [0.05, 0.1) is 6.42 Å². The molecule has 7 heteroatoms. The highest BCUT2D eigenvalue weighted by molar-refractivity contribution is 5.74. The minimum Gasteiger partial charge on any atom is -0.344 e. The van der Waals surface area contributed by atoms with E-state index >= 15 is 0 Å². The fourth-order valence-electron chi connectivity index (χ4n) is 2.61. The number of rotatable bonds is 5. The lowest BCUT2D eigenvalue weighted by molar-refractivity contribution is -0.140. The Morgan fingerprint density at radius 1 is 1.12 bits per heavy atom. The average molecular weight is 334 g/mol. The van der Waals surface area contributed by atoms with E-state index in [2.05, 4.69) is 20.3 Å². The van der Waals surface area contributed by atoms with Gasteiger partial charge in [0.1, 0.15) is 5.52 Å². The molecule has 0 aliphatic heterocycles. The number of alkyl halides is 3. The lowest BCUT2D eigenvalue weighted by Crippen LogP contribution is -2.26. The zero-order valence-electron chi connectivity index (χ0n) is 13.1. The molecule has 0 bridgehead atoms. The number of fused-ring (bicyclic) bond motifs is 1. The number of hydrogen-bond acceptors (Lipinski definition) is 3. The Hall–Kier alpha value is -2.41. The summed E-state index contributed by atoms with van der Waals surface area (Å²) in [5, 5.41) is 3.00. The Balaban J connectivity index is 1.80. The number of nitrogens with zero attached hydrogens (tertiary/aromatic N) is 2. The topological polar surface area (TPSA) is 53.6 Å². The molecule has 3 aromatic rings. The molecule has 0 spiro atoms. The summed E-state index contributed by atoms with van der Waals surface area (Å²) in [6.07, 6.45) is -0.328. The first-order valence-corrected chi connectivity index (χ1v) is 7.56. The van der Waals surface area contributed by atoms with Gasteiger partial charge in [-0.05, 0) is 12.5 Å². The van der Waals surface area contributed by atoms with Crippen LogP contribution in [0.1, 0.15) is 29.2 Å². The van der Waals surface area contributed by atoms with Gasteiger partial charge in [-0.2, -0.15) is 13.2 Å². The lowest BCUT2D eigenvalue weighted by Gasteiger charge is -2.21. The van der Waals surface area contributed by atoms with Gasteiger partial charge in [0.2, 0.25) is 0 Å². The third-order valence-corrected chi connectivity index (χ3v) is 3.84. The number of halogens is 3. The number of aryl methyl sites for hydroxylation is 1. The summed E-state index contributed by atoms with van der Waals surface area (Å²) in [6, 6.07) is 6.28. The van der Waals surface area contributed by atoms with Gasteiger partial charge in [-0.25, -0.2) is 4.98 Å². The molecule has 4 nitrogen and oxygen atoms in total. The Morgan fingerprint density at radius 2 is 1.83 bits per heavy atom. The highest BCUT2D eigenvalue weighted by Gasteiger charge is 2.32. The van der Waals surface area contributed by atoms with Crippen molar-refractivity contribution in [2.75, 3.05) is 0 Å². The predicted octanol–water partition coefficient (Wildman–Crippen LogP) is 4.05. The van der Waals surface area contributed by atoms with Crippen LogP contribution in [0.5, 0.6) is 0 Å². The van der Waals surface area contributed by atoms with E-state index in [1.807, 2.05) is 19.1 Å². The van der Waals surface area contributed by atoms with Crippen LogP contribution in [0.2, 0.25) is 0 Å². The Labute approximate surface area is 137 Å². The van der Waals surface area contributed by atoms with Crippen molar-refractivity contribution in [3.05, 3.63) is 59.5 Å². The summed E-state index contributed by atoms with van der Waals surface area (Å²) < 4.78 is 38.8. The lowest BCUT2D eigenvalue weighted by atomic mass is 10.0. The summed E-state index contributed by atoms with van der Waals surface area (Å²) in [6.45, 7) is 2.17. The van der Waals surface area contributed by atoms with Crippen molar-refractivity contribution in [3.63, 3.8) is 0 Å². The second kappa shape index (κ2) is 6.60. The van der Waals surface area contributed by atoms with E-state index in [0.717, 1.165) is 11.1 Å². The predicted molar refractivity (Wildman–Crippen MR) is 85.3 cm³/mol. The summed E-state index contributed by atoms with van der Waals surface area (Å²) in [5.41, 5.74) is 3.70. The summed E-state index contributed by atoms with van der Waals surface area (Å²) in [7, 11) is 0. The molecule has 2 heterocycles.